The fourth-order valence-electron chi connectivity index (χ4n) is 2.57. The number of hydrogen-bond acceptors (Lipinski definition) is 5. The zero-order chi connectivity index (χ0) is 20.7. The number of hydrogen-bond donors (Lipinski definition) is 1. The highest BCUT2D eigenvalue weighted by Crippen LogP contribution is 2.32. The zero-order valence-corrected chi connectivity index (χ0v) is 17.3. The van der Waals surface area contributed by atoms with Gasteiger partial charge in [0.2, 0.25) is 5.91 Å². The van der Waals surface area contributed by atoms with Gasteiger partial charge in [-0.1, -0.05) is 25.1 Å². The molecule has 0 bridgehead atoms. The number of nitrogens with zero attached hydrogens (tertiary/aromatic N) is 1. The van der Waals surface area contributed by atoms with Crippen molar-refractivity contribution in [3.05, 3.63) is 48.5 Å². The van der Waals surface area contributed by atoms with E-state index in [0.717, 1.165) is 10.7 Å². The number of methoxy groups -OCH3 is 2. The van der Waals surface area contributed by atoms with Crippen LogP contribution in [0.4, 0.5) is 5.69 Å². The number of para-hydroxylation sites is 1. The molecule has 0 radical (unpaired) electrons. The smallest absolute Gasteiger partial charge is 0.264 e. The van der Waals surface area contributed by atoms with Crippen LogP contribution in [0.1, 0.15) is 20.3 Å². The second-order valence-corrected chi connectivity index (χ2v) is 8.10. The highest BCUT2D eigenvalue weighted by Gasteiger charge is 2.28. The molecule has 152 valence electrons. The number of carbonyl (C=O) groups is 1. The first-order chi connectivity index (χ1) is 13.3. The van der Waals surface area contributed by atoms with E-state index in [9.17, 15) is 13.2 Å². The molecule has 0 aromatic heterocycles. The number of amides is 1. The lowest BCUT2D eigenvalue weighted by Crippen LogP contribution is -2.43. The maximum atomic E-state index is 13.3. The number of benzene rings is 2. The quantitative estimate of drug-likeness (QED) is 0.692. The van der Waals surface area contributed by atoms with Crippen molar-refractivity contribution in [2.75, 3.05) is 25.1 Å². The summed E-state index contributed by atoms with van der Waals surface area (Å²) in [5.41, 5.74) is 0.400. The van der Waals surface area contributed by atoms with Crippen molar-refractivity contribution in [1.29, 1.82) is 0 Å². The Morgan fingerprint density at radius 1 is 1.07 bits per heavy atom. The van der Waals surface area contributed by atoms with Gasteiger partial charge in [-0.15, -0.1) is 0 Å². The Morgan fingerprint density at radius 2 is 1.71 bits per heavy atom. The summed E-state index contributed by atoms with van der Waals surface area (Å²) in [5, 5.41) is 2.80. The van der Waals surface area contributed by atoms with Gasteiger partial charge in [-0.2, -0.15) is 0 Å². The predicted molar refractivity (Wildman–Crippen MR) is 108 cm³/mol. The molecular weight excluding hydrogens is 380 g/mol. The average Bonchev–Trinajstić information content (AvgIpc) is 2.71. The molecule has 0 aliphatic heterocycles. The molecule has 0 fully saturated rings. The van der Waals surface area contributed by atoms with Gasteiger partial charge in [-0.25, -0.2) is 8.42 Å². The lowest BCUT2D eigenvalue weighted by molar-refractivity contribution is -0.120. The van der Waals surface area contributed by atoms with Gasteiger partial charge in [0.25, 0.3) is 10.0 Å². The minimum Gasteiger partial charge on any atom is -0.493 e. The third kappa shape index (κ3) is 4.95. The molecule has 2 rings (SSSR count). The lowest BCUT2D eigenvalue weighted by Gasteiger charge is -2.25. The Balaban J connectivity index is 2.45. The molecule has 0 unspecified atom stereocenters. The van der Waals surface area contributed by atoms with Crippen molar-refractivity contribution in [2.24, 2.45) is 0 Å². The lowest BCUT2D eigenvalue weighted by atomic mass is 10.2. The molecule has 1 atom stereocenters. The van der Waals surface area contributed by atoms with Crippen LogP contribution in [0.25, 0.3) is 0 Å². The van der Waals surface area contributed by atoms with Crippen molar-refractivity contribution >= 4 is 21.6 Å². The zero-order valence-electron chi connectivity index (χ0n) is 16.5. The number of rotatable bonds is 9. The molecule has 2 aromatic rings. The molecule has 0 aliphatic rings. The van der Waals surface area contributed by atoms with E-state index >= 15 is 0 Å². The van der Waals surface area contributed by atoms with Crippen LogP contribution in [0.3, 0.4) is 0 Å². The van der Waals surface area contributed by atoms with E-state index in [2.05, 4.69) is 5.32 Å². The van der Waals surface area contributed by atoms with Gasteiger partial charge in [0.05, 0.1) is 24.8 Å². The summed E-state index contributed by atoms with van der Waals surface area (Å²) in [7, 11) is -1.11. The van der Waals surface area contributed by atoms with Gasteiger partial charge >= 0.3 is 0 Å². The summed E-state index contributed by atoms with van der Waals surface area (Å²) in [6, 6.07) is 12.8. The number of carbonyl (C=O) groups excluding carboxylic acids is 1. The van der Waals surface area contributed by atoms with Crippen molar-refractivity contribution in [2.45, 2.75) is 31.2 Å². The second-order valence-electron chi connectivity index (χ2n) is 6.24. The number of nitrogens with one attached hydrogen (secondary N) is 1. The predicted octanol–water partition coefficient (Wildman–Crippen LogP) is 2.81. The molecular formula is C20H26N2O5S. The van der Waals surface area contributed by atoms with Crippen LogP contribution in [-0.4, -0.2) is 41.1 Å². The summed E-state index contributed by atoms with van der Waals surface area (Å²) in [6.45, 7) is 3.49. The Bertz CT molecular complexity index is 900. The van der Waals surface area contributed by atoms with Crippen LogP contribution in [0.15, 0.2) is 53.4 Å². The van der Waals surface area contributed by atoms with E-state index < -0.39 is 10.0 Å². The van der Waals surface area contributed by atoms with E-state index in [1.165, 1.54) is 32.4 Å². The van der Waals surface area contributed by atoms with Crippen molar-refractivity contribution in [3.8, 4) is 11.5 Å². The van der Waals surface area contributed by atoms with E-state index in [1.807, 2.05) is 13.8 Å². The number of anilines is 1. The number of sulfonamides is 1. The van der Waals surface area contributed by atoms with Gasteiger partial charge in [-0.05, 0) is 37.6 Å². The summed E-state index contributed by atoms with van der Waals surface area (Å²) in [4.78, 5) is 12.4. The summed E-state index contributed by atoms with van der Waals surface area (Å²) in [5.74, 6) is 0.338. The van der Waals surface area contributed by atoms with Crippen LogP contribution in [0, 0.1) is 0 Å². The third-order valence-electron chi connectivity index (χ3n) is 4.29. The minimum atomic E-state index is -4.01. The van der Waals surface area contributed by atoms with E-state index in [-0.39, 0.29) is 23.4 Å². The SMILES string of the molecule is CC[C@@H](C)NC(=O)CN(c1ccccc1)S(=O)(=O)c1ccc(OC)c(OC)c1. The molecule has 8 heteroatoms. The standard InChI is InChI=1S/C20H26N2O5S/c1-5-15(2)21-20(23)14-22(16-9-7-6-8-10-16)28(24,25)17-11-12-18(26-3)19(13-17)27-4/h6-13,15H,5,14H2,1-4H3,(H,21,23)/t15-/m1/s1. The molecule has 28 heavy (non-hydrogen) atoms. The fourth-order valence-corrected chi connectivity index (χ4v) is 4.00. The summed E-state index contributed by atoms with van der Waals surface area (Å²) >= 11 is 0. The summed E-state index contributed by atoms with van der Waals surface area (Å²) in [6.07, 6.45) is 0.750. The highest BCUT2D eigenvalue weighted by atomic mass is 32.2. The van der Waals surface area contributed by atoms with Gasteiger partial charge in [-0.3, -0.25) is 9.10 Å². The van der Waals surface area contributed by atoms with Crippen LogP contribution in [0.2, 0.25) is 0 Å². The van der Waals surface area contributed by atoms with Crippen LogP contribution in [-0.2, 0) is 14.8 Å². The maximum absolute atomic E-state index is 13.3. The Labute approximate surface area is 166 Å². The molecule has 1 amide bonds. The first-order valence-corrected chi connectivity index (χ1v) is 10.4. The molecule has 7 nitrogen and oxygen atoms in total. The first kappa shape index (κ1) is 21.6. The van der Waals surface area contributed by atoms with Gasteiger partial charge in [0.1, 0.15) is 6.54 Å². The van der Waals surface area contributed by atoms with E-state index in [4.69, 9.17) is 9.47 Å². The monoisotopic (exact) mass is 406 g/mol. The van der Waals surface area contributed by atoms with Crippen molar-refractivity contribution in [3.63, 3.8) is 0 Å². The molecule has 0 saturated carbocycles. The molecule has 0 heterocycles. The van der Waals surface area contributed by atoms with Gasteiger partial charge in [0.15, 0.2) is 11.5 Å². The average molecular weight is 407 g/mol. The number of ether oxygens (including phenoxy) is 2. The van der Waals surface area contributed by atoms with Crippen molar-refractivity contribution in [1.82, 2.24) is 5.32 Å². The normalized spacial score (nSPS) is 12.1. The first-order valence-electron chi connectivity index (χ1n) is 8.92. The maximum Gasteiger partial charge on any atom is 0.264 e. The van der Waals surface area contributed by atoms with E-state index in [1.54, 1.807) is 30.3 Å². The molecule has 0 saturated heterocycles. The highest BCUT2D eigenvalue weighted by molar-refractivity contribution is 7.92. The Kier molecular flexibility index (Phi) is 7.28. The topological polar surface area (TPSA) is 84.9 Å². The van der Waals surface area contributed by atoms with Crippen molar-refractivity contribution < 1.29 is 22.7 Å². The Hall–Kier alpha value is -2.74. The molecule has 0 spiro atoms. The van der Waals surface area contributed by atoms with Gasteiger partial charge in [0, 0.05) is 12.1 Å². The molecule has 2 aromatic carbocycles. The molecule has 1 N–H and O–H groups in total. The second kappa shape index (κ2) is 9.45. The Morgan fingerprint density at radius 3 is 2.29 bits per heavy atom. The largest absolute Gasteiger partial charge is 0.493 e. The van der Waals surface area contributed by atoms with Crippen LogP contribution >= 0.6 is 0 Å². The van der Waals surface area contributed by atoms with Crippen LogP contribution in [0.5, 0.6) is 11.5 Å². The third-order valence-corrected chi connectivity index (χ3v) is 6.06. The van der Waals surface area contributed by atoms with Crippen LogP contribution < -0.4 is 19.1 Å². The van der Waals surface area contributed by atoms with Gasteiger partial charge < -0.3 is 14.8 Å². The molecule has 0 aliphatic carbocycles. The fraction of sp³-hybridized carbons (Fsp3) is 0.350. The van der Waals surface area contributed by atoms with E-state index in [0.29, 0.717) is 17.2 Å². The summed E-state index contributed by atoms with van der Waals surface area (Å²) < 4.78 is 38.2. The minimum absolute atomic E-state index is 0.00495.